The summed E-state index contributed by atoms with van der Waals surface area (Å²) in [6.45, 7) is 11.9. The number of hydrogen-bond donors (Lipinski definition) is 1. The maximum Gasteiger partial charge on any atom is 0.0218 e. The first-order chi connectivity index (χ1) is 7.74. The van der Waals surface area contributed by atoms with E-state index in [0.717, 1.165) is 18.5 Å². The molecule has 1 unspecified atom stereocenters. The van der Waals surface area contributed by atoms with Crippen LogP contribution in [-0.2, 0) is 0 Å². The Morgan fingerprint density at radius 1 is 1.00 bits per heavy atom. The molecule has 0 bridgehead atoms. The van der Waals surface area contributed by atoms with Gasteiger partial charge in [-0.05, 0) is 44.8 Å². The molecule has 96 valence electrons. The highest BCUT2D eigenvalue weighted by Crippen LogP contribution is 2.13. The first kappa shape index (κ1) is 14.0. The van der Waals surface area contributed by atoms with Crippen molar-refractivity contribution in [3.05, 3.63) is 0 Å². The molecule has 1 aliphatic rings. The van der Waals surface area contributed by atoms with Crippen molar-refractivity contribution in [3.63, 3.8) is 0 Å². The van der Waals surface area contributed by atoms with Crippen molar-refractivity contribution in [1.82, 2.24) is 10.2 Å². The van der Waals surface area contributed by atoms with Crippen molar-refractivity contribution >= 4 is 0 Å². The van der Waals surface area contributed by atoms with E-state index in [0.29, 0.717) is 0 Å². The molecule has 1 rings (SSSR count). The van der Waals surface area contributed by atoms with Crippen molar-refractivity contribution in [2.75, 3.05) is 26.2 Å². The number of nitrogens with one attached hydrogen (secondary N) is 1. The molecule has 0 aliphatic carbocycles. The van der Waals surface area contributed by atoms with E-state index in [1.807, 2.05) is 0 Å². The summed E-state index contributed by atoms with van der Waals surface area (Å²) in [5.41, 5.74) is 0. The molecule has 0 aromatic carbocycles. The molecule has 1 heterocycles. The molecule has 0 spiro atoms. The number of likely N-dealkylation sites (tertiary alicyclic amines) is 1. The van der Waals surface area contributed by atoms with Gasteiger partial charge in [0.1, 0.15) is 0 Å². The maximum absolute atomic E-state index is 3.61. The Kier molecular flexibility index (Phi) is 7.06. The summed E-state index contributed by atoms with van der Waals surface area (Å²) in [6.07, 6.45) is 6.96. The molecule has 16 heavy (non-hydrogen) atoms. The van der Waals surface area contributed by atoms with Gasteiger partial charge in [-0.25, -0.2) is 0 Å². The summed E-state index contributed by atoms with van der Waals surface area (Å²) < 4.78 is 0. The molecule has 2 nitrogen and oxygen atoms in total. The van der Waals surface area contributed by atoms with Crippen LogP contribution in [0.5, 0.6) is 0 Å². The molecule has 1 saturated heterocycles. The second-order valence-corrected chi connectivity index (χ2v) is 5.56. The zero-order chi connectivity index (χ0) is 11.8. The van der Waals surface area contributed by atoms with E-state index in [1.165, 1.54) is 51.7 Å². The third-order valence-electron chi connectivity index (χ3n) is 3.56. The molecule has 1 N–H and O–H groups in total. The minimum Gasteiger partial charge on any atom is -0.315 e. The molecule has 1 aliphatic heterocycles. The van der Waals surface area contributed by atoms with Gasteiger partial charge in [-0.3, -0.25) is 4.90 Å². The van der Waals surface area contributed by atoms with Gasteiger partial charge in [0.2, 0.25) is 0 Å². The van der Waals surface area contributed by atoms with Crippen molar-refractivity contribution in [2.24, 2.45) is 5.92 Å². The Labute approximate surface area is 102 Å². The van der Waals surface area contributed by atoms with E-state index < -0.39 is 0 Å². The number of nitrogens with zero attached hydrogens (tertiary/aromatic N) is 1. The van der Waals surface area contributed by atoms with Crippen LogP contribution in [0.15, 0.2) is 0 Å². The molecule has 0 radical (unpaired) electrons. The van der Waals surface area contributed by atoms with Crippen LogP contribution in [0.4, 0.5) is 0 Å². The largest absolute Gasteiger partial charge is 0.315 e. The van der Waals surface area contributed by atoms with Gasteiger partial charge in [0.25, 0.3) is 0 Å². The van der Waals surface area contributed by atoms with Gasteiger partial charge < -0.3 is 5.32 Å². The zero-order valence-corrected chi connectivity index (χ0v) is 11.5. The Bertz CT molecular complexity index is 160. The van der Waals surface area contributed by atoms with E-state index in [4.69, 9.17) is 0 Å². The summed E-state index contributed by atoms with van der Waals surface area (Å²) in [5.74, 6) is 0.765. The molecule has 2 heteroatoms. The Balaban J connectivity index is 2.27. The lowest BCUT2D eigenvalue weighted by Gasteiger charge is -2.30. The summed E-state index contributed by atoms with van der Waals surface area (Å²) in [5, 5.41) is 3.61. The highest BCUT2D eigenvalue weighted by molar-refractivity contribution is 4.75. The third kappa shape index (κ3) is 5.31. The Hall–Kier alpha value is -0.0800. The lowest BCUT2D eigenvalue weighted by atomic mass is 10.1. The molecule has 1 fully saturated rings. The fourth-order valence-corrected chi connectivity index (χ4v) is 2.53. The summed E-state index contributed by atoms with van der Waals surface area (Å²) >= 11 is 0. The monoisotopic (exact) mass is 226 g/mol. The molecule has 0 aromatic rings. The van der Waals surface area contributed by atoms with Gasteiger partial charge in [-0.1, -0.05) is 33.6 Å². The average molecular weight is 226 g/mol. The van der Waals surface area contributed by atoms with Crippen LogP contribution in [0.1, 0.15) is 52.9 Å². The predicted octanol–water partition coefficient (Wildman–Crippen LogP) is 2.89. The second-order valence-electron chi connectivity index (χ2n) is 5.56. The molecular weight excluding hydrogens is 196 g/mol. The quantitative estimate of drug-likeness (QED) is 0.749. The summed E-state index contributed by atoms with van der Waals surface area (Å²) in [6, 6.07) is 0.761. The first-order valence-electron chi connectivity index (χ1n) is 7.18. The fourth-order valence-electron chi connectivity index (χ4n) is 2.53. The number of hydrogen-bond acceptors (Lipinski definition) is 2. The normalized spacial score (nSPS) is 21.0. The van der Waals surface area contributed by atoms with Crippen LogP contribution >= 0.6 is 0 Å². The van der Waals surface area contributed by atoms with Crippen LogP contribution in [0.25, 0.3) is 0 Å². The van der Waals surface area contributed by atoms with E-state index in [2.05, 4.69) is 31.0 Å². The van der Waals surface area contributed by atoms with Gasteiger partial charge in [0.15, 0.2) is 0 Å². The Morgan fingerprint density at radius 2 is 1.62 bits per heavy atom. The SMILES string of the molecule is CCC(CNCC(C)C)N1CCCCCC1. The highest BCUT2D eigenvalue weighted by atomic mass is 15.2. The van der Waals surface area contributed by atoms with Crippen LogP contribution in [0.3, 0.4) is 0 Å². The van der Waals surface area contributed by atoms with E-state index in [-0.39, 0.29) is 0 Å². The predicted molar refractivity (Wildman–Crippen MR) is 71.8 cm³/mol. The molecule has 0 amide bonds. The first-order valence-corrected chi connectivity index (χ1v) is 7.18. The van der Waals surface area contributed by atoms with Crippen molar-refractivity contribution in [3.8, 4) is 0 Å². The van der Waals surface area contributed by atoms with E-state index in [9.17, 15) is 0 Å². The zero-order valence-electron chi connectivity index (χ0n) is 11.5. The van der Waals surface area contributed by atoms with Crippen LogP contribution in [0.2, 0.25) is 0 Å². The summed E-state index contributed by atoms with van der Waals surface area (Å²) in [4.78, 5) is 2.71. The number of rotatable bonds is 6. The highest BCUT2D eigenvalue weighted by Gasteiger charge is 2.17. The third-order valence-corrected chi connectivity index (χ3v) is 3.56. The average Bonchev–Trinajstić information content (AvgIpc) is 2.52. The minimum absolute atomic E-state index is 0.761. The minimum atomic E-state index is 0.761. The molecule has 0 saturated carbocycles. The van der Waals surface area contributed by atoms with Gasteiger partial charge in [-0.15, -0.1) is 0 Å². The van der Waals surface area contributed by atoms with Gasteiger partial charge in [-0.2, -0.15) is 0 Å². The van der Waals surface area contributed by atoms with E-state index in [1.54, 1.807) is 0 Å². The van der Waals surface area contributed by atoms with E-state index >= 15 is 0 Å². The van der Waals surface area contributed by atoms with Gasteiger partial charge >= 0.3 is 0 Å². The summed E-state index contributed by atoms with van der Waals surface area (Å²) in [7, 11) is 0. The van der Waals surface area contributed by atoms with Crippen molar-refractivity contribution < 1.29 is 0 Å². The van der Waals surface area contributed by atoms with Gasteiger partial charge in [0, 0.05) is 12.6 Å². The van der Waals surface area contributed by atoms with Crippen LogP contribution in [0, 0.1) is 5.92 Å². The lowest BCUT2D eigenvalue weighted by Crippen LogP contribution is -2.43. The topological polar surface area (TPSA) is 15.3 Å². The van der Waals surface area contributed by atoms with Crippen molar-refractivity contribution in [2.45, 2.75) is 58.9 Å². The maximum atomic E-state index is 3.61. The van der Waals surface area contributed by atoms with Crippen molar-refractivity contribution in [1.29, 1.82) is 0 Å². The fraction of sp³-hybridized carbons (Fsp3) is 1.00. The molecule has 1 atom stereocenters. The van der Waals surface area contributed by atoms with Crippen LogP contribution < -0.4 is 5.32 Å². The lowest BCUT2D eigenvalue weighted by molar-refractivity contribution is 0.192. The molecule has 0 aromatic heterocycles. The second kappa shape index (κ2) is 8.08. The van der Waals surface area contributed by atoms with Gasteiger partial charge in [0.05, 0.1) is 0 Å². The smallest absolute Gasteiger partial charge is 0.0218 e. The molecular formula is C14H30N2. The standard InChI is InChI=1S/C14H30N2/c1-4-14(12-15-11-13(2)3)16-9-7-5-6-8-10-16/h13-15H,4-12H2,1-3H3. The van der Waals surface area contributed by atoms with Crippen LogP contribution in [-0.4, -0.2) is 37.1 Å². The Morgan fingerprint density at radius 3 is 2.12 bits per heavy atom.